The molecule has 0 aliphatic rings. The van der Waals surface area contributed by atoms with Gasteiger partial charge in [-0.1, -0.05) is 35.9 Å². The van der Waals surface area contributed by atoms with Gasteiger partial charge in [-0.05, 0) is 6.42 Å². The average molecular weight is 228 g/mol. The molecule has 0 aromatic heterocycles. The lowest BCUT2D eigenvalue weighted by atomic mass is 10.3. The summed E-state index contributed by atoms with van der Waals surface area (Å²) < 4.78 is 0.943. The summed E-state index contributed by atoms with van der Waals surface area (Å²) in [6, 6.07) is 0. The molecule has 0 aliphatic carbocycles. The molecule has 0 fully saturated rings. The van der Waals surface area contributed by atoms with Gasteiger partial charge in [0, 0.05) is 4.55 Å². The van der Waals surface area contributed by atoms with Crippen molar-refractivity contribution in [3.05, 3.63) is 0 Å². The number of nitrogens with two attached hydrogens (primary N) is 1. The SMILES string of the molecule is CCCC(N)NCI. The lowest BCUT2D eigenvalue weighted by Crippen LogP contribution is -2.35. The van der Waals surface area contributed by atoms with Crippen LogP contribution in [0.15, 0.2) is 0 Å². The predicted molar refractivity (Wildman–Crippen MR) is 44.9 cm³/mol. The molecule has 0 saturated heterocycles. The van der Waals surface area contributed by atoms with Gasteiger partial charge < -0.3 is 5.73 Å². The third kappa shape index (κ3) is 4.80. The molecule has 2 nitrogen and oxygen atoms in total. The highest BCUT2D eigenvalue weighted by molar-refractivity contribution is 14.1. The molecule has 0 aromatic rings. The van der Waals surface area contributed by atoms with Crippen LogP contribution in [0.2, 0.25) is 0 Å². The second-order valence-electron chi connectivity index (χ2n) is 1.73. The fraction of sp³-hybridized carbons (Fsp3) is 1.00. The van der Waals surface area contributed by atoms with Crippen LogP contribution in [0.5, 0.6) is 0 Å². The fourth-order valence-corrected chi connectivity index (χ4v) is 1.08. The van der Waals surface area contributed by atoms with Crippen LogP contribution in [0, 0.1) is 0 Å². The molecular formula is C5H13IN2. The molecule has 0 rings (SSSR count). The van der Waals surface area contributed by atoms with Crippen LogP contribution in [0.25, 0.3) is 0 Å². The topological polar surface area (TPSA) is 38.0 Å². The van der Waals surface area contributed by atoms with E-state index in [1.54, 1.807) is 0 Å². The van der Waals surface area contributed by atoms with Crippen LogP contribution in [0.1, 0.15) is 19.8 Å². The first kappa shape index (κ1) is 8.65. The van der Waals surface area contributed by atoms with Gasteiger partial charge >= 0.3 is 0 Å². The Morgan fingerprint density at radius 1 is 1.75 bits per heavy atom. The van der Waals surface area contributed by atoms with Gasteiger partial charge in [0.15, 0.2) is 0 Å². The predicted octanol–water partition coefficient (Wildman–Crippen LogP) is 1.05. The minimum atomic E-state index is 0.205. The molecule has 0 heterocycles. The molecule has 0 bridgehead atoms. The number of halogens is 1. The van der Waals surface area contributed by atoms with Crippen LogP contribution >= 0.6 is 22.6 Å². The lowest BCUT2D eigenvalue weighted by Gasteiger charge is -2.08. The molecule has 0 radical (unpaired) electrons. The van der Waals surface area contributed by atoms with Gasteiger partial charge in [0.05, 0.1) is 6.17 Å². The standard InChI is InChI=1S/C5H13IN2/c1-2-3-5(7)8-4-6/h5,8H,2-4,7H2,1H3. The summed E-state index contributed by atoms with van der Waals surface area (Å²) >= 11 is 2.25. The zero-order valence-corrected chi connectivity index (χ0v) is 7.31. The molecule has 8 heavy (non-hydrogen) atoms. The van der Waals surface area contributed by atoms with Crippen molar-refractivity contribution in [1.82, 2.24) is 5.32 Å². The van der Waals surface area contributed by atoms with E-state index in [1.807, 2.05) is 0 Å². The van der Waals surface area contributed by atoms with Crippen LogP contribution < -0.4 is 11.1 Å². The molecule has 3 heteroatoms. The number of nitrogens with one attached hydrogen (secondary N) is 1. The van der Waals surface area contributed by atoms with Crippen LogP contribution in [0.3, 0.4) is 0 Å². The van der Waals surface area contributed by atoms with E-state index in [1.165, 1.54) is 0 Å². The number of rotatable bonds is 4. The molecule has 50 valence electrons. The van der Waals surface area contributed by atoms with Gasteiger partial charge in [-0.3, -0.25) is 5.32 Å². The van der Waals surface area contributed by atoms with E-state index >= 15 is 0 Å². The number of hydrogen-bond acceptors (Lipinski definition) is 2. The number of hydrogen-bond donors (Lipinski definition) is 2. The lowest BCUT2D eigenvalue weighted by molar-refractivity contribution is 0.531. The monoisotopic (exact) mass is 228 g/mol. The van der Waals surface area contributed by atoms with E-state index in [9.17, 15) is 0 Å². The van der Waals surface area contributed by atoms with Crippen molar-refractivity contribution in [1.29, 1.82) is 0 Å². The van der Waals surface area contributed by atoms with Crippen LogP contribution in [-0.4, -0.2) is 10.7 Å². The normalized spacial score (nSPS) is 13.9. The van der Waals surface area contributed by atoms with E-state index < -0.39 is 0 Å². The first-order valence-electron chi connectivity index (χ1n) is 2.86. The Balaban J connectivity index is 2.92. The second kappa shape index (κ2) is 5.78. The first-order valence-corrected chi connectivity index (χ1v) is 4.38. The quantitative estimate of drug-likeness (QED) is 0.326. The average Bonchev–Trinajstić information content (AvgIpc) is 1.68. The Hall–Kier alpha value is 0.650. The summed E-state index contributed by atoms with van der Waals surface area (Å²) in [7, 11) is 0. The van der Waals surface area contributed by atoms with Crippen molar-refractivity contribution < 1.29 is 0 Å². The highest BCUT2D eigenvalue weighted by atomic mass is 127. The summed E-state index contributed by atoms with van der Waals surface area (Å²) in [5.41, 5.74) is 5.58. The van der Waals surface area contributed by atoms with Crippen molar-refractivity contribution in [2.75, 3.05) is 4.55 Å². The summed E-state index contributed by atoms with van der Waals surface area (Å²) in [5.74, 6) is 0. The third-order valence-corrected chi connectivity index (χ3v) is 1.38. The minimum Gasteiger partial charge on any atom is -0.316 e. The van der Waals surface area contributed by atoms with Gasteiger partial charge in [0.1, 0.15) is 0 Å². The summed E-state index contributed by atoms with van der Waals surface area (Å²) in [6.45, 7) is 2.13. The maximum absolute atomic E-state index is 5.58. The van der Waals surface area contributed by atoms with Gasteiger partial charge in [-0.25, -0.2) is 0 Å². The molecule has 0 aromatic carbocycles. The van der Waals surface area contributed by atoms with E-state index in [-0.39, 0.29) is 6.17 Å². The minimum absolute atomic E-state index is 0.205. The zero-order chi connectivity index (χ0) is 6.41. The zero-order valence-electron chi connectivity index (χ0n) is 5.15. The summed E-state index contributed by atoms with van der Waals surface area (Å²) in [5, 5.41) is 3.11. The summed E-state index contributed by atoms with van der Waals surface area (Å²) in [6.07, 6.45) is 2.44. The highest BCUT2D eigenvalue weighted by Crippen LogP contribution is 1.89. The third-order valence-electron chi connectivity index (χ3n) is 0.939. The Bertz CT molecular complexity index is 43.7. The van der Waals surface area contributed by atoms with Crippen molar-refractivity contribution >= 4 is 22.6 Å². The van der Waals surface area contributed by atoms with Crippen molar-refractivity contribution in [2.24, 2.45) is 5.73 Å². The smallest absolute Gasteiger partial charge is 0.0552 e. The highest BCUT2D eigenvalue weighted by Gasteiger charge is 1.94. The first-order chi connectivity index (χ1) is 3.81. The Kier molecular flexibility index (Phi) is 6.25. The second-order valence-corrected chi connectivity index (χ2v) is 2.50. The van der Waals surface area contributed by atoms with Crippen molar-refractivity contribution in [2.45, 2.75) is 25.9 Å². The van der Waals surface area contributed by atoms with Crippen LogP contribution in [-0.2, 0) is 0 Å². The van der Waals surface area contributed by atoms with Crippen molar-refractivity contribution in [3.63, 3.8) is 0 Å². The molecule has 0 saturated carbocycles. The largest absolute Gasteiger partial charge is 0.316 e. The molecular weight excluding hydrogens is 215 g/mol. The number of alkyl halides is 1. The van der Waals surface area contributed by atoms with Gasteiger partial charge in [0.2, 0.25) is 0 Å². The molecule has 1 unspecified atom stereocenters. The van der Waals surface area contributed by atoms with E-state index in [4.69, 9.17) is 5.73 Å². The van der Waals surface area contributed by atoms with Crippen LogP contribution in [0.4, 0.5) is 0 Å². The van der Waals surface area contributed by atoms with E-state index in [2.05, 4.69) is 34.8 Å². The molecule has 1 atom stereocenters. The Morgan fingerprint density at radius 3 is 2.75 bits per heavy atom. The summed E-state index contributed by atoms with van der Waals surface area (Å²) in [4.78, 5) is 0. The molecule has 0 spiro atoms. The van der Waals surface area contributed by atoms with Gasteiger partial charge in [-0.15, -0.1) is 0 Å². The van der Waals surface area contributed by atoms with E-state index in [0.29, 0.717) is 0 Å². The van der Waals surface area contributed by atoms with Crippen molar-refractivity contribution in [3.8, 4) is 0 Å². The molecule has 3 N–H and O–H groups in total. The Morgan fingerprint density at radius 2 is 2.38 bits per heavy atom. The maximum Gasteiger partial charge on any atom is 0.0552 e. The Labute approximate surface area is 64.4 Å². The van der Waals surface area contributed by atoms with Gasteiger partial charge in [0.25, 0.3) is 0 Å². The fourth-order valence-electron chi connectivity index (χ4n) is 0.512. The van der Waals surface area contributed by atoms with Gasteiger partial charge in [-0.2, -0.15) is 0 Å². The van der Waals surface area contributed by atoms with E-state index in [0.717, 1.165) is 17.4 Å². The molecule has 0 aliphatic heterocycles. The molecule has 0 amide bonds. The maximum atomic E-state index is 5.58.